The molecule has 4 aromatic rings. The van der Waals surface area contributed by atoms with Gasteiger partial charge in [0.2, 0.25) is 16.1 Å². The van der Waals surface area contributed by atoms with Gasteiger partial charge >= 0.3 is 11.4 Å². The number of pyridine rings is 2. The molecule has 192 valence electrons. The number of anilines is 2. The van der Waals surface area contributed by atoms with Gasteiger partial charge < -0.3 is 21.3 Å². The number of nitrogens with zero attached hydrogens (tertiary/aromatic N) is 4. The first-order valence-electron chi connectivity index (χ1n) is 9.80. The lowest BCUT2D eigenvalue weighted by Gasteiger charge is -2.06. The zero-order valence-electron chi connectivity index (χ0n) is 18.5. The maximum absolute atomic E-state index is 10.9. The Labute approximate surface area is 224 Å². The molecule has 0 saturated heterocycles. The third-order valence-electron chi connectivity index (χ3n) is 4.04. The van der Waals surface area contributed by atoms with Crippen molar-refractivity contribution >= 4 is 57.6 Å². The van der Waals surface area contributed by atoms with Gasteiger partial charge in [0.1, 0.15) is 16.5 Å². The summed E-state index contributed by atoms with van der Waals surface area (Å²) in [6.07, 6.45) is 2.64. The number of ether oxygens (including phenoxy) is 1. The predicted molar refractivity (Wildman–Crippen MR) is 140 cm³/mol. The van der Waals surface area contributed by atoms with E-state index >= 15 is 0 Å². The molecule has 0 amide bonds. The van der Waals surface area contributed by atoms with Crippen LogP contribution in [0.1, 0.15) is 0 Å². The fraction of sp³-hybridized carbons (Fsp3) is 0. The molecular formula is C22H17Cl3N6O6. The minimum Gasteiger partial charge on any atom is -0.508 e. The summed E-state index contributed by atoms with van der Waals surface area (Å²) in [6, 6.07) is 15.6. The molecular weight excluding hydrogens is 551 g/mol. The van der Waals surface area contributed by atoms with Gasteiger partial charge in [-0.3, -0.25) is 20.2 Å². The summed E-state index contributed by atoms with van der Waals surface area (Å²) in [6.45, 7) is 0. The minimum atomic E-state index is -0.669. The summed E-state index contributed by atoms with van der Waals surface area (Å²) < 4.78 is 5.38. The summed E-state index contributed by atoms with van der Waals surface area (Å²) in [4.78, 5) is 26.9. The highest BCUT2D eigenvalue weighted by atomic mass is 35.5. The van der Waals surface area contributed by atoms with Gasteiger partial charge in [-0.25, -0.2) is 9.97 Å². The number of nitrogen functional groups attached to an aromatic ring is 2. The Hall–Kier alpha value is -4.39. The van der Waals surface area contributed by atoms with Gasteiger partial charge in [0.15, 0.2) is 0 Å². The second-order valence-electron chi connectivity index (χ2n) is 6.66. The van der Waals surface area contributed by atoms with Crippen molar-refractivity contribution in [2.24, 2.45) is 0 Å². The van der Waals surface area contributed by atoms with Gasteiger partial charge in [-0.2, -0.15) is 0 Å². The number of halogens is 3. The Morgan fingerprint density at radius 2 is 1.19 bits per heavy atom. The molecule has 0 fully saturated rings. The van der Waals surface area contributed by atoms with Crippen LogP contribution >= 0.6 is 34.8 Å². The van der Waals surface area contributed by atoms with E-state index in [1.807, 2.05) is 0 Å². The minimum absolute atomic E-state index is 0.00463. The largest absolute Gasteiger partial charge is 0.508 e. The molecule has 4 rings (SSSR count). The Kier molecular flexibility index (Phi) is 10.6. The van der Waals surface area contributed by atoms with Crippen molar-refractivity contribution in [3.8, 4) is 17.2 Å². The summed E-state index contributed by atoms with van der Waals surface area (Å²) in [5.74, 6) is 0.707. The van der Waals surface area contributed by atoms with E-state index in [-0.39, 0.29) is 38.2 Å². The van der Waals surface area contributed by atoms with Gasteiger partial charge in [0.25, 0.3) is 0 Å². The SMILES string of the molecule is Nc1ccc(O)cc1.Nc1ccc(Oc2ccnc(Cl)c2[N+](=O)[O-])cc1.O=[N+]([O-])c1c(Cl)ccnc1Cl. The molecule has 0 saturated carbocycles. The molecule has 0 bridgehead atoms. The number of phenols is 1. The normalized spacial score (nSPS) is 9.70. The quantitative estimate of drug-likeness (QED) is 0.0829. The zero-order valence-corrected chi connectivity index (χ0v) is 20.8. The molecule has 0 atom stereocenters. The molecule has 0 unspecified atom stereocenters. The third-order valence-corrected chi connectivity index (χ3v) is 4.90. The molecule has 37 heavy (non-hydrogen) atoms. The van der Waals surface area contributed by atoms with Crippen molar-refractivity contribution in [1.82, 2.24) is 9.97 Å². The number of nitro groups is 2. The summed E-state index contributed by atoms with van der Waals surface area (Å²) in [7, 11) is 0. The molecule has 12 nitrogen and oxygen atoms in total. The van der Waals surface area contributed by atoms with Crippen molar-refractivity contribution < 1.29 is 19.7 Å². The lowest BCUT2D eigenvalue weighted by atomic mass is 10.3. The number of benzene rings is 2. The van der Waals surface area contributed by atoms with Gasteiger partial charge in [0, 0.05) is 29.8 Å². The first-order chi connectivity index (χ1) is 17.5. The molecule has 0 aliphatic heterocycles. The smallest absolute Gasteiger partial charge is 0.348 e. The van der Waals surface area contributed by atoms with Crippen molar-refractivity contribution in [1.29, 1.82) is 0 Å². The molecule has 5 N–H and O–H groups in total. The Bertz CT molecular complexity index is 1330. The third kappa shape index (κ3) is 8.96. The molecule has 0 aliphatic rings. The number of hydrogen-bond acceptors (Lipinski definition) is 10. The van der Waals surface area contributed by atoms with E-state index in [1.165, 1.54) is 24.5 Å². The van der Waals surface area contributed by atoms with Crippen LogP contribution in [-0.4, -0.2) is 24.9 Å². The van der Waals surface area contributed by atoms with E-state index in [0.717, 1.165) is 0 Å². The second kappa shape index (κ2) is 13.6. The molecule has 0 aliphatic carbocycles. The van der Waals surface area contributed by atoms with Gasteiger partial charge in [-0.05, 0) is 54.6 Å². The van der Waals surface area contributed by atoms with Crippen molar-refractivity contribution in [2.75, 3.05) is 11.5 Å². The van der Waals surface area contributed by atoms with Crippen LogP contribution in [0.5, 0.6) is 17.2 Å². The van der Waals surface area contributed by atoms with E-state index in [2.05, 4.69) is 9.97 Å². The monoisotopic (exact) mass is 566 g/mol. The topological polar surface area (TPSA) is 194 Å². The number of hydrogen-bond donors (Lipinski definition) is 3. The highest BCUT2D eigenvalue weighted by Gasteiger charge is 2.21. The fourth-order valence-corrected chi connectivity index (χ4v) is 3.08. The molecule has 2 aromatic carbocycles. The van der Waals surface area contributed by atoms with Crippen LogP contribution in [-0.2, 0) is 0 Å². The predicted octanol–water partition coefficient (Wildman–Crippen LogP) is 6.29. The number of rotatable bonds is 4. The average Bonchev–Trinajstić information content (AvgIpc) is 2.83. The van der Waals surface area contributed by atoms with E-state index in [9.17, 15) is 20.2 Å². The van der Waals surface area contributed by atoms with Crippen LogP contribution in [0.4, 0.5) is 22.7 Å². The number of aromatic hydroxyl groups is 1. The van der Waals surface area contributed by atoms with Crippen LogP contribution in [0.25, 0.3) is 0 Å². The van der Waals surface area contributed by atoms with Crippen molar-refractivity contribution in [3.63, 3.8) is 0 Å². The van der Waals surface area contributed by atoms with Crippen LogP contribution in [0.3, 0.4) is 0 Å². The molecule has 15 heteroatoms. The second-order valence-corrected chi connectivity index (χ2v) is 7.78. The van der Waals surface area contributed by atoms with E-state index < -0.39 is 9.85 Å². The lowest BCUT2D eigenvalue weighted by Crippen LogP contribution is -1.96. The molecule has 2 aromatic heterocycles. The number of aromatic nitrogens is 2. The standard InChI is InChI=1S/C11H8ClN3O3.C6H7NO.C5H2Cl2N2O2/c12-11-10(15(16)17)9(5-6-14-11)18-8-3-1-7(13)2-4-8;7-5-1-3-6(8)4-2-5;6-3-1-2-8-5(7)4(3)9(10)11/h1-6H,13H2;1-4,8H,7H2;1-2H. The molecule has 0 spiro atoms. The highest BCUT2D eigenvalue weighted by molar-refractivity contribution is 6.37. The molecule has 0 radical (unpaired) electrons. The van der Waals surface area contributed by atoms with Crippen LogP contribution in [0, 0.1) is 20.2 Å². The zero-order chi connectivity index (χ0) is 27.5. The average molecular weight is 568 g/mol. The van der Waals surface area contributed by atoms with E-state index in [0.29, 0.717) is 17.1 Å². The van der Waals surface area contributed by atoms with Crippen molar-refractivity contribution in [2.45, 2.75) is 0 Å². The first kappa shape index (κ1) is 28.8. The first-order valence-corrected chi connectivity index (χ1v) is 10.9. The lowest BCUT2D eigenvalue weighted by molar-refractivity contribution is -0.385. The number of nitrogens with two attached hydrogens (primary N) is 2. The Morgan fingerprint density at radius 1 is 0.730 bits per heavy atom. The van der Waals surface area contributed by atoms with Crippen LogP contribution in [0.15, 0.2) is 73.1 Å². The van der Waals surface area contributed by atoms with Crippen LogP contribution in [0.2, 0.25) is 15.3 Å². The Balaban J connectivity index is 0.000000215. The summed E-state index contributed by atoms with van der Waals surface area (Å²) in [5, 5.41) is 29.4. The summed E-state index contributed by atoms with van der Waals surface area (Å²) >= 11 is 16.5. The summed E-state index contributed by atoms with van der Waals surface area (Å²) in [5.41, 5.74) is 11.4. The Morgan fingerprint density at radius 3 is 1.62 bits per heavy atom. The van der Waals surface area contributed by atoms with E-state index in [4.69, 9.17) is 56.1 Å². The van der Waals surface area contributed by atoms with Crippen LogP contribution < -0.4 is 16.2 Å². The van der Waals surface area contributed by atoms with Crippen molar-refractivity contribution in [3.05, 3.63) is 109 Å². The van der Waals surface area contributed by atoms with Gasteiger partial charge in [-0.15, -0.1) is 0 Å². The maximum Gasteiger partial charge on any atom is 0.348 e. The maximum atomic E-state index is 10.9. The highest BCUT2D eigenvalue weighted by Crippen LogP contribution is 2.35. The molecule has 2 heterocycles. The fourth-order valence-electron chi connectivity index (χ4n) is 2.37. The van der Waals surface area contributed by atoms with Gasteiger partial charge in [0.05, 0.1) is 9.85 Å². The van der Waals surface area contributed by atoms with Gasteiger partial charge in [-0.1, -0.05) is 34.8 Å². The number of phenolic OH excluding ortho intramolecular Hbond substituents is 1. The van der Waals surface area contributed by atoms with E-state index in [1.54, 1.807) is 48.5 Å².